The minimum atomic E-state index is 0.188. The number of aromatic nitrogens is 2. The van der Waals surface area contributed by atoms with Crippen molar-refractivity contribution in [1.29, 1.82) is 0 Å². The van der Waals surface area contributed by atoms with Crippen LogP contribution in [0.3, 0.4) is 0 Å². The van der Waals surface area contributed by atoms with Crippen molar-refractivity contribution in [2.45, 2.75) is 39.7 Å². The Balaban J connectivity index is 2.81. The van der Waals surface area contributed by atoms with Crippen LogP contribution in [0.5, 0.6) is 0 Å². The van der Waals surface area contributed by atoms with Gasteiger partial charge in [-0.25, -0.2) is 0 Å². The molecule has 13 heavy (non-hydrogen) atoms. The van der Waals surface area contributed by atoms with E-state index in [-0.39, 0.29) is 5.41 Å². The first-order valence-corrected chi connectivity index (χ1v) is 4.57. The second-order valence-corrected chi connectivity index (χ2v) is 4.63. The number of hydrogen-bond donors (Lipinski definition) is 0. The first-order chi connectivity index (χ1) is 5.89. The van der Waals surface area contributed by atoms with Crippen LogP contribution in [-0.4, -0.2) is 9.78 Å². The Morgan fingerprint density at radius 3 is 2.54 bits per heavy atom. The van der Waals surface area contributed by atoms with Crippen molar-refractivity contribution in [3.05, 3.63) is 30.1 Å². The van der Waals surface area contributed by atoms with Crippen molar-refractivity contribution in [3.8, 4) is 0 Å². The molecule has 2 nitrogen and oxygen atoms in total. The highest BCUT2D eigenvalue weighted by molar-refractivity contribution is 5.15. The molecule has 1 rings (SSSR count). The third-order valence-electron chi connectivity index (χ3n) is 1.93. The zero-order chi connectivity index (χ0) is 10.1. The Kier molecular flexibility index (Phi) is 2.60. The normalized spacial score (nSPS) is 11.7. The van der Waals surface area contributed by atoms with Crippen molar-refractivity contribution in [2.24, 2.45) is 0 Å². The molecule has 0 atom stereocenters. The summed E-state index contributed by atoms with van der Waals surface area (Å²) in [5.41, 5.74) is 2.59. The molecular weight excluding hydrogens is 160 g/mol. The third kappa shape index (κ3) is 2.72. The topological polar surface area (TPSA) is 17.8 Å². The summed E-state index contributed by atoms with van der Waals surface area (Å²) in [7, 11) is 0. The summed E-state index contributed by atoms with van der Waals surface area (Å²) >= 11 is 0. The number of hydrogen-bond acceptors (Lipinski definition) is 1. The number of allylic oxidation sites excluding steroid dienone is 1. The van der Waals surface area contributed by atoms with Crippen LogP contribution in [0.15, 0.2) is 24.5 Å². The molecule has 0 aliphatic carbocycles. The molecule has 0 aliphatic rings. The Morgan fingerprint density at radius 1 is 1.54 bits per heavy atom. The van der Waals surface area contributed by atoms with Crippen LogP contribution in [-0.2, 0) is 12.0 Å². The minimum absolute atomic E-state index is 0.188. The van der Waals surface area contributed by atoms with Gasteiger partial charge in [0.25, 0.3) is 0 Å². The van der Waals surface area contributed by atoms with Crippen LogP contribution in [0.25, 0.3) is 0 Å². The van der Waals surface area contributed by atoms with Crippen LogP contribution < -0.4 is 0 Å². The lowest BCUT2D eigenvalue weighted by atomic mass is 9.90. The summed E-state index contributed by atoms with van der Waals surface area (Å²) < 4.78 is 1.93. The summed E-state index contributed by atoms with van der Waals surface area (Å²) in [6, 6.07) is 0. The molecule has 2 heteroatoms. The van der Waals surface area contributed by atoms with Crippen molar-refractivity contribution >= 4 is 0 Å². The standard InChI is InChI=1S/C11H18N2/c1-9(2)7-13-8-10(6-12-13)11(3,4)5/h6,8H,1,7H2,2-5H3. The van der Waals surface area contributed by atoms with Gasteiger partial charge in [0.15, 0.2) is 0 Å². The summed E-state index contributed by atoms with van der Waals surface area (Å²) in [6.45, 7) is 13.3. The molecule has 0 saturated heterocycles. The van der Waals surface area contributed by atoms with E-state index in [1.807, 2.05) is 17.8 Å². The molecule has 0 unspecified atom stereocenters. The molecular formula is C11H18N2. The van der Waals surface area contributed by atoms with Gasteiger partial charge >= 0.3 is 0 Å². The van der Waals surface area contributed by atoms with Gasteiger partial charge in [-0.15, -0.1) is 0 Å². The van der Waals surface area contributed by atoms with Gasteiger partial charge in [0.1, 0.15) is 0 Å². The van der Waals surface area contributed by atoms with Crippen molar-refractivity contribution in [1.82, 2.24) is 9.78 Å². The minimum Gasteiger partial charge on any atom is -0.268 e. The Bertz CT molecular complexity index is 302. The Hall–Kier alpha value is -1.05. The second kappa shape index (κ2) is 3.36. The van der Waals surface area contributed by atoms with Crippen LogP contribution in [0.2, 0.25) is 0 Å². The van der Waals surface area contributed by atoms with Crippen LogP contribution in [0, 0.1) is 0 Å². The molecule has 1 heterocycles. The monoisotopic (exact) mass is 178 g/mol. The first kappa shape index (κ1) is 10.0. The van der Waals surface area contributed by atoms with Gasteiger partial charge in [-0.1, -0.05) is 32.9 Å². The van der Waals surface area contributed by atoms with E-state index in [0.29, 0.717) is 0 Å². The fraction of sp³-hybridized carbons (Fsp3) is 0.545. The number of rotatable bonds is 2. The molecule has 0 aromatic carbocycles. The van der Waals surface area contributed by atoms with E-state index in [1.165, 1.54) is 5.56 Å². The fourth-order valence-corrected chi connectivity index (χ4v) is 1.11. The summed E-state index contributed by atoms with van der Waals surface area (Å²) in [6.07, 6.45) is 4.03. The van der Waals surface area contributed by atoms with Gasteiger partial charge in [-0.05, 0) is 17.9 Å². The zero-order valence-electron chi connectivity index (χ0n) is 8.96. The summed E-state index contributed by atoms with van der Waals surface area (Å²) in [5, 5.41) is 4.28. The largest absolute Gasteiger partial charge is 0.268 e. The lowest BCUT2D eigenvalue weighted by Crippen LogP contribution is -2.09. The Morgan fingerprint density at radius 2 is 2.15 bits per heavy atom. The van der Waals surface area contributed by atoms with Gasteiger partial charge in [0.2, 0.25) is 0 Å². The molecule has 1 aromatic heterocycles. The quantitative estimate of drug-likeness (QED) is 0.637. The van der Waals surface area contributed by atoms with Gasteiger partial charge in [-0.2, -0.15) is 5.10 Å². The molecule has 0 fully saturated rings. The van der Waals surface area contributed by atoms with E-state index in [1.54, 1.807) is 0 Å². The SMILES string of the molecule is C=C(C)Cn1cc(C(C)(C)C)cn1. The van der Waals surface area contributed by atoms with E-state index < -0.39 is 0 Å². The average Bonchev–Trinajstić information content (AvgIpc) is 2.32. The van der Waals surface area contributed by atoms with Crippen LogP contribution in [0.1, 0.15) is 33.3 Å². The molecule has 72 valence electrons. The van der Waals surface area contributed by atoms with Crippen LogP contribution >= 0.6 is 0 Å². The predicted octanol–water partition coefficient (Wildman–Crippen LogP) is 2.76. The van der Waals surface area contributed by atoms with Crippen molar-refractivity contribution in [3.63, 3.8) is 0 Å². The highest BCUT2D eigenvalue weighted by atomic mass is 15.3. The molecule has 0 amide bonds. The average molecular weight is 178 g/mol. The molecule has 0 aliphatic heterocycles. The first-order valence-electron chi connectivity index (χ1n) is 4.57. The highest BCUT2D eigenvalue weighted by Gasteiger charge is 2.15. The van der Waals surface area contributed by atoms with Gasteiger partial charge < -0.3 is 0 Å². The molecule has 0 N–H and O–H groups in total. The van der Waals surface area contributed by atoms with E-state index in [9.17, 15) is 0 Å². The van der Waals surface area contributed by atoms with E-state index in [4.69, 9.17) is 0 Å². The van der Waals surface area contributed by atoms with E-state index in [2.05, 4.69) is 38.6 Å². The lowest BCUT2D eigenvalue weighted by Gasteiger charge is -2.14. The van der Waals surface area contributed by atoms with Crippen LogP contribution in [0.4, 0.5) is 0 Å². The van der Waals surface area contributed by atoms with Gasteiger partial charge in [0, 0.05) is 6.20 Å². The molecule has 0 radical (unpaired) electrons. The van der Waals surface area contributed by atoms with E-state index in [0.717, 1.165) is 12.1 Å². The third-order valence-corrected chi connectivity index (χ3v) is 1.93. The maximum atomic E-state index is 4.28. The Labute approximate surface area is 80.3 Å². The van der Waals surface area contributed by atoms with Gasteiger partial charge in [0.05, 0.1) is 12.7 Å². The molecule has 0 spiro atoms. The van der Waals surface area contributed by atoms with Crippen molar-refractivity contribution in [2.75, 3.05) is 0 Å². The second-order valence-electron chi connectivity index (χ2n) is 4.63. The predicted molar refractivity (Wildman–Crippen MR) is 55.7 cm³/mol. The summed E-state index contributed by atoms with van der Waals surface area (Å²) in [4.78, 5) is 0. The molecule has 0 saturated carbocycles. The highest BCUT2D eigenvalue weighted by Crippen LogP contribution is 2.20. The number of nitrogens with zero attached hydrogens (tertiary/aromatic N) is 2. The smallest absolute Gasteiger partial charge is 0.0614 e. The maximum absolute atomic E-state index is 4.28. The molecule has 0 bridgehead atoms. The maximum Gasteiger partial charge on any atom is 0.0614 e. The van der Waals surface area contributed by atoms with Crippen molar-refractivity contribution < 1.29 is 0 Å². The lowest BCUT2D eigenvalue weighted by molar-refractivity contribution is 0.587. The zero-order valence-corrected chi connectivity index (χ0v) is 8.96. The van der Waals surface area contributed by atoms with E-state index >= 15 is 0 Å². The fourth-order valence-electron chi connectivity index (χ4n) is 1.11. The van der Waals surface area contributed by atoms with Gasteiger partial charge in [-0.3, -0.25) is 4.68 Å². The summed E-state index contributed by atoms with van der Waals surface area (Å²) in [5.74, 6) is 0. The molecule has 1 aromatic rings.